The number of aliphatic hydroxyl groups is 1. The molecule has 9 nitrogen and oxygen atoms in total. The van der Waals surface area contributed by atoms with Gasteiger partial charge in [-0.3, -0.25) is 9.78 Å². The van der Waals surface area contributed by atoms with Gasteiger partial charge in [0.25, 0.3) is 5.56 Å². The molecule has 9 heteroatoms. The van der Waals surface area contributed by atoms with E-state index in [2.05, 4.69) is 20.3 Å². The fraction of sp³-hybridized carbons (Fsp3) is 0.217. The van der Waals surface area contributed by atoms with Gasteiger partial charge in [0.1, 0.15) is 17.3 Å². The van der Waals surface area contributed by atoms with Gasteiger partial charge in [-0.1, -0.05) is 6.07 Å². The van der Waals surface area contributed by atoms with Crippen molar-refractivity contribution < 1.29 is 14.6 Å². The summed E-state index contributed by atoms with van der Waals surface area (Å²) < 4.78 is 12.1. The molecule has 0 amide bonds. The summed E-state index contributed by atoms with van der Waals surface area (Å²) in [6.45, 7) is 0.118. The number of aryl methyl sites for hydroxylation is 1. The van der Waals surface area contributed by atoms with Gasteiger partial charge in [-0.15, -0.1) is 0 Å². The molecule has 0 fully saturated rings. The summed E-state index contributed by atoms with van der Waals surface area (Å²) in [4.78, 5) is 26.1. The average molecular weight is 433 g/mol. The number of hydrogen-bond acceptors (Lipinski definition) is 8. The van der Waals surface area contributed by atoms with Crippen molar-refractivity contribution in [1.29, 1.82) is 0 Å². The number of nitrogens with one attached hydrogen (secondary N) is 1. The predicted molar refractivity (Wildman–Crippen MR) is 121 cm³/mol. The van der Waals surface area contributed by atoms with Crippen LogP contribution in [0.1, 0.15) is 11.8 Å². The van der Waals surface area contributed by atoms with Crippen LogP contribution < -0.4 is 20.3 Å². The molecule has 0 aliphatic heterocycles. The number of aliphatic hydroxyl groups excluding tert-OH is 1. The summed E-state index contributed by atoms with van der Waals surface area (Å²) in [6.07, 6.45) is 2.21. The Hall–Kier alpha value is -3.98. The van der Waals surface area contributed by atoms with Gasteiger partial charge >= 0.3 is 0 Å². The quantitative estimate of drug-likeness (QED) is 0.457. The Morgan fingerprint density at radius 2 is 1.91 bits per heavy atom. The summed E-state index contributed by atoms with van der Waals surface area (Å²) in [5, 5.41) is 14.0. The van der Waals surface area contributed by atoms with E-state index in [-0.39, 0.29) is 12.1 Å². The second-order valence-corrected chi connectivity index (χ2v) is 7.13. The molecule has 4 rings (SSSR count). The van der Waals surface area contributed by atoms with Crippen molar-refractivity contribution >= 4 is 16.7 Å². The molecule has 1 aromatic carbocycles. The van der Waals surface area contributed by atoms with Gasteiger partial charge in [0.15, 0.2) is 11.5 Å². The predicted octanol–water partition coefficient (Wildman–Crippen LogP) is 2.55. The zero-order chi connectivity index (χ0) is 22.7. The van der Waals surface area contributed by atoms with E-state index >= 15 is 0 Å². The average Bonchev–Trinajstić information content (AvgIpc) is 2.84. The zero-order valence-corrected chi connectivity index (χ0v) is 17.9. The number of rotatable bonds is 7. The minimum absolute atomic E-state index is 0.118. The van der Waals surface area contributed by atoms with E-state index in [9.17, 15) is 9.90 Å². The van der Waals surface area contributed by atoms with Crippen molar-refractivity contribution in [3.8, 4) is 22.8 Å². The van der Waals surface area contributed by atoms with E-state index in [1.165, 1.54) is 10.9 Å². The maximum atomic E-state index is 12.8. The number of aromatic nitrogens is 4. The lowest BCUT2D eigenvalue weighted by atomic mass is 10.1. The Kier molecular flexibility index (Phi) is 6.00. The Labute approximate surface area is 184 Å². The van der Waals surface area contributed by atoms with Crippen molar-refractivity contribution in [1.82, 2.24) is 19.5 Å². The van der Waals surface area contributed by atoms with Crippen LogP contribution in [0.5, 0.6) is 11.5 Å². The van der Waals surface area contributed by atoms with Crippen LogP contribution in [0.3, 0.4) is 0 Å². The van der Waals surface area contributed by atoms with E-state index < -0.39 is 6.10 Å². The van der Waals surface area contributed by atoms with Crippen LogP contribution in [0.25, 0.3) is 22.2 Å². The molecule has 164 valence electrons. The maximum absolute atomic E-state index is 12.8. The minimum Gasteiger partial charge on any atom is -0.493 e. The molecule has 3 aromatic heterocycles. The first-order valence-electron chi connectivity index (χ1n) is 9.93. The molecule has 0 aliphatic carbocycles. The fourth-order valence-corrected chi connectivity index (χ4v) is 3.36. The molecule has 1 atom stereocenters. The number of nitrogens with zero attached hydrogens (tertiary/aromatic N) is 4. The standard InChI is InChI=1S/C23H23N5O4/c1-28-13-26-17-11-16(14-7-8-19(31-2)20(10-14)32-3)27-22(21(17)23(28)30)25-12-18(29)15-6-4-5-9-24-15/h4-11,13,18,29H,12H2,1-3H3,(H,25,27). The summed E-state index contributed by atoms with van der Waals surface area (Å²) in [7, 11) is 4.76. The van der Waals surface area contributed by atoms with Gasteiger partial charge in [-0.25, -0.2) is 9.97 Å². The number of methoxy groups -OCH3 is 2. The van der Waals surface area contributed by atoms with Gasteiger partial charge in [0.05, 0.1) is 37.5 Å². The van der Waals surface area contributed by atoms with Crippen molar-refractivity contribution in [2.24, 2.45) is 7.05 Å². The molecule has 1 unspecified atom stereocenters. The molecule has 0 spiro atoms. The number of fused-ring (bicyclic) bond motifs is 1. The normalized spacial score (nSPS) is 11.9. The molecule has 0 radical (unpaired) electrons. The number of pyridine rings is 2. The van der Waals surface area contributed by atoms with Crippen LogP contribution in [0.4, 0.5) is 5.82 Å². The summed E-state index contributed by atoms with van der Waals surface area (Å²) in [5.74, 6) is 1.49. The zero-order valence-electron chi connectivity index (χ0n) is 17.9. The topological polar surface area (TPSA) is 111 Å². The Balaban J connectivity index is 1.78. The Morgan fingerprint density at radius 1 is 1.09 bits per heavy atom. The largest absolute Gasteiger partial charge is 0.493 e. The second-order valence-electron chi connectivity index (χ2n) is 7.13. The summed E-state index contributed by atoms with van der Waals surface area (Å²) >= 11 is 0. The first-order chi connectivity index (χ1) is 15.5. The number of hydrogen-bond donors (Lipinski definition) is 2. The van der Waals surface area contributed by atoms with Crippen LogP contribution in [0.2, 0.25) is 0 Å². The van der Waals surface area contributed by atoms with Crippen LogP contribution in [-0.4, -0.2) is 45.4 Å². The van der Waals surface area contributed by atoms with Gasteiger partial charge in [0, 0.05) is 25.4 Å². The number of benzene rings is 1. The third kappa shape index (κ3) is 4.10. The van der Waals surface area contributed by atoms with Crippen LogP contribution in [0, 0.1) is 0 Å². The van der Waals surface area contributed by atoms with E-state index in [4.69, 9.17) is 9.47 Å². The first kappa shape index (κ1) is 21.3. The molecular formula is C23H23N5O4. The van der Waals surface area contributed by atoms with Gasteiger partial charge < -0.3 is 24.5 Å². The monoisotopic (exact) mass is 433 g/mol. The van der Waals surface area contributed by atoms with Crippen LogP contribution >= 0.6 is 0 Å². The number of ether oxygens (including phenoxy) is 2. The van der Waals surface area contributed by atoms with Crippen molar-refractivity contribution in [3.05, 3.63) is 71.0 Å². The minimum atomic E-state index is -0.877. The molecule has 32 heavy (non-hydrogen) atoms. The highest BCUT2D eigenvalue weighted by atomic mass is 16.5. The van der Waals surface area contributed by atoms with E-state index in [1.807, 2.05) is 6.07 Å². The molecule has 0 bridgehead atoms. The fourth-order valence-electron chi connectivity index (χ4n) is 3.36. The SMILES string of the molecule is COc1ccc(-c2cc3ncn(C)c(=O)c3c(NCC(O)c3ccccn3)n2)cc1OC. The highest BCUT2D eigenvalue weighted by molar-refractivity contribution is 5.91. The molecule has 0 aliphatic rings. The van der Waals surface area contributed by atoms with Gasteiger partial charge in [0.2, 0.25) is 0 Å². The summed E-state index contributed by atoms with van der Waals surface area (Å²) in [5.41, 5.74) is 2.12. The van der Waals surface area contributed by atoms with Crippen LogP contribution in [0.15, 0.2) is 59.8 Å². The Morgan fingerprint density at radius 3 is 2.62 bits per heavy atom. The molecular weight excluding hydrogens is 410 g/mol. The Bertz CT molecular complexity index is 1310. The lowest BCUT2D eigenvalue weighted by Gasteiger charge is -2.15. The van der Waals surface area contributed by atoms with E-state index in [1.54, 1.807) is 63.9 Å². The van der Waals surface area contributed by atoms with Crippen LogP contribution in [-0.2, 0) is 7.05 Å². The summed E-state index contributed by atoms with van der Waals surface area (Å²) in [6, 6.07) is 12.5. The van der Waals surface area contributed by atoms with Crippen molar-refractivity contribution in [3.63, 3.8) is 0 Å². The first-order valence-corrected chi connectivity index (χ1v) is 9.93. The second kappa shape index (κ2) is 9.03. The van der Waals surface area contributed by atoms with Gasteiger partial charge in [-0.05, 0) is 36.4 Å². The molecule has 4 aromatic rings. The van der Waals surface area contributed by atoms with Crippen molar-refractivity contribution in [2.45, 2.75) is 6.10 Å². The lowest BCUT2D eigenvalue weighted by molar-refractivity contribution is 0.186. The molecule has 3 heterocycles. The van der Waals surface area contributed by atoms with E-state index in [0.717, 1.165) is 5.56 Å². The third-order valence-electron chi connectivity index (χ3n) is 5.07. The van der Waals surface area contributed by atoms with E-state index in [0.29, 0.717) is 39.6 Å². The third-order valence-corrected chi connectivity index (χ3v) is 5.07. The number of anilines is 1. The molecule has 0 saturated carbocycles. The smallest absolute Gasteiger partial charge is 0.264 e. The van der Waals surface area contributed by atoms with Crippen molar-refractivity contribution in [2.75, 3.05) is 26.1 Å². The molecule has 2 N–H and O–H groups in total. The molecule has 0 saturated heterocycles. The highest BCUT2D eigenvalue weighted by Gasteiger charge is 2.16. The van der Waals surface area contributed by atoms with Gasteiger partial charge in [-0.2, -0.15) is 0 Å². The highest BCUT2D eigenvalue weighted by Crippen LogP contribution is 2.33. The lowest BCUT2D eigenvalue weighted by Crippen LogP contribution is -2.21. The maximum Gasteiger partial charge on any atom is 0.264 e.